The fourth-order valence-electron chi connectivity index (χ4n) is 3.34. The summed E-state index contributed by atoms with van der Waals surface area (Å²) >= 11 is 5.92. The minimum Gasteiger partial charge on any atom is -0.493 e. The first kappa shape index (κ1) is 20.0. The first-order valence-electron chi connectivity index (χ1n) is 9.79. The van der Waals surface area contributed by atoms with Crippen molar-refractivity contribution in [2.24, 2.45) is 10.2 Å². The van der Waals surface area contributed by atoms with Gasteiger partial charge in [0, 0.05) is 17.0 Å². The molecular formula is C24H22ClN3O2. The van der Waals surface area contributed by atoms with E-state index in [1.165, 1.54) is 0 Å². The molecule has 4 rings (SSSR count). The number of halogens is 1. The van der Waals surface area contributed by atoms with Crippen LogP contribution in [0.2, 0.25) is 5.02 Å². The molecule has 3 aromatic carbocycles. The maximum absolute atomic E-state index is 10.8. The van der Waals surface area contributed by atoms with Crippen molar-refractivity contribution in [2.45, 2.75) is 19.9 Å². The minimum atomic E-state index is 0.102. The third-order valence-electron chi connectivity index (χ3n) is 4.89. The van der Waals surface area contributed by atoms with E-state index in [4.69, 9.17) is 16.3 Å². The number of aromatic nitrogens is 1. The molecule has 0 saturated heterocycles. The molecule has 1 heterocycles. The fraction of sp³-hybridized carbons (Fsp3) is 0.167. The van der Waals surface area contributed by atoms with E-state index < -0.39 is 0 Å². The van der Waals surface area contributed by atoms with Crippen LogP contribution in [0.1, 0.15) is 12.0 Å². The molecule has 6 heteroatoms. The van der Waals surface area contributed by atoms with E-state index in [0.29, 0.717) is 29.5 Å². The zero-order valence-electron chi connectivity index (χ0n) is 16.6. The van der Waals surface area contributed by atoms with Gasteiger partial charge in [0.15, 0.2) is 5.69 Å². The van der Waals surface area contributed by atoms with E-state index in [1.807, 2.05) is 60.0 Å². The molecule has 1 N–H and O–H groups in total. The Morgan fingerprint density at radius 2 is 1.67 bits per heavy atom. The summed E-state index contributed by atoms with van der Waals surface area (Å²) < 4.78 is 7.74. The highest BCUT2D eigenvalue weighted by Gasteiger charge is 2.16. The van der Waals surface area contributed by atoms with E-state index in [1.54, 1.807) is 24.3 Å². The zero-order valence-corrected chi connectivity index (χ0v) is 17.4. The van der Waals surface area contributed by atoms with Crippen molar-refractivity contribution >= 4 is 33.9 Å². The van der Waals surface area contributed by atoms with Crippen molar-refractivity contribution in [3.8, 4) is 11.6 Å². The summed E-state index contributed by atoms with van der Waals surface area (Å²) in [5.41, 5.74) is 3.15. The van der Waals surface area contributed by atoms with Gasteiger partial charge < -0.3 is 14.4 Å². The van der Waals surface area contributed by atoms with Crippen molar-refractivity contribution in [3.05, 3.63) is 83.4 Å². The molecule has 0 aliphatic rings. The number of azo groups is 1. The third kappa shape index (κ3) is 4.31. The van der Waals surface area contributed by atoms with Crippen LogP contribution in [0.25, 0.3) is 10.9 Å². The first-order valence-corrected chi connectivity index (χ1v) is 10.2. The van der Waals surface area contributed by atoms with Gasteiger partial charge >= 0.3 is 0 Å². The molecule has 0 spiro atoms. The summed E-state index contributed by atoms with van der Waals surface area (Å²) in [5.74, 6) is 0.987. The van der Waals surface area contributed by atoms with Gasteiger partial charge in [-0.2, -0.15) is 5.11 Å². The van der Waals surface area contributed by atoms with Crippen molar-refractivity contribution in [1.29, 1.82) is 0 Å². The van der Waals surface area contributed by atoms with Gasteiger partial charge in [-0.15, -0.1) is 5.11 Å². The number of hydrogen-bond acceptors (Lipinski definition) is 4. The van der Waals surface area contributed by atoms with E-state index in [9.17, 15) is 5.11 Å². The topological polar surface area (TPSA) is 59.1 Å². The Hall–Kier alpha value is -3.31. The number of para-hydroxylation sites is 2. The van der Waals surface area contributed by atoms with E-state index in [-0.39, 0.29) is 5.88 Å². The number of nitrogens with zero attached hydrogens (tertiary/aromatic N) is 3. The Bertz CT molecular complexity index is 1180. The highest BCUT2D eigenvalue weighted by atomic mass is 35.5. The lowest BCUT2D eigenvalue weighted by molar-refractivity contribution is 0.296. The number of benzene rings is 3. The lowest BCUT2D eigenvalue weighted by atomic mass is 10.2. The molecule has 0 unspecified atom stereocenters. The SMILES string of the molecule is Cc1ccccc1OCCCn1c(O)c(N=Nc2ccc(Cl)cc2)c2ccccc21. The molecule has 0 aliphatic heterocycles. The second-order valence-electron chi connectivity index (χ2n) is 6.98. The van der Waals surface area contributed by atoms with Crippen LogP contribution >= 0.6 is 11.6 Å². The third-order valence-corrected chi connectivity index (χ3v) is 5.14. The Balaban J connectivity index is 1.53. The van der Waals surface area contributed by atoms with Crippen LogP contribution in [-0.4, -0.2) is 16.3 Å². The van der Waals surface area contributed by atoms with Crippen LogP contribution < -0.4 is 4.74 Å². The Kier molecular flexibility index (Phi) is 6.00. The maximum Gasteiger partial charge on any atom is 0.220 e. The van der Waals surface area contributed by atoms with Gasteiger partial charge in [0.2, 0.25) is 5.88 Å². The number of aromatic hydroxyl groups is 1. The average molecular weight is 420 g/mol. The van der Waals surface area contributed by atoms with Gasteiger partial charge in [-0.25, -0.2) is 0 Å². The Morgan fingerprint density at radius 1 is 0.933 bits per heavy atom. The summed E-state index contributed by atoms with van der Waals surface area (Å²) in [7, 11) is 0. The monoisotopic (exact) mass is 419 g/mol. The molecule has 0 atom stereocenters. The molecule has 0 amide bonds. The summed E-state index contributed by atoms with van der Waals surface area (Å²) in [6, 6.07) is 22.8. The van der Waals surface area contributed by atoms with Gasteiger partial charge in [0.05, 0.1) is 17.8 Å². The first-order chi connectivity index (χ1) is 14.6. The van der Waals surface area contributed by atoms with Crippen LogP contribution in [0.15, 0.2) is 83.0 Å². The van der Waals surface area contributed by atoms with E-state index in [0.717, 1.165) is 28.6 Å². The molecule has 0 saturated carbocycles. The van der Waals surface area contributed by atoms with Crippen molar-refractivity contribution in [2.75, 3.05) is 6.61 Å². The highest BCUT2D eigenvalue weighted by molar-refractivity contribution is 6.30. The molecule has 4 aromatic rings. The molecule has 0 radical (unpaired) electrons. The second kappa shape index (κ2) is 9.01. The highest BCUT2D eigenvalue weighted by Crippen LogP contribution is 2.39. The van der Waals surface area contributed by atoms with Crippen LogP contribution in [0.4, 0.5) is 11.4 Å². The normalized spacial score (nSPS) is 11.4. The quantitative estimate of drug-likeness (QED) is 0.254. The zero-order chi connectivity index (χ0) is 20.9. The van der Waals surface area contributed by atoms with Crippen molar-refractivity contribution in [3.63, 3.8) is 0 Å². The number of hydrogen-bond donors (Lipinski definition) is 1. The Labute approximate surface area is 180 Å². The van der Waals surface area contributed by atoms with Crippen LogP contribution in [0.5, 0.6) is 11.6 Å². The standard InChI is InChI=1S/C24H22ClN3O2/c1-17-7-2-5-10-22(17)30-16-6-15-28-21-9-4-3-8-20(21)23(24(28)29)27-26-19-13-11-18(25)12-14-19/h2-5,7-14,29H,6,15-16H2,1H3. The molecule has 0 fully saturated rings. The molecule has 5 nitrogen and oxygen atoms in total. The fourth-order valence-corrected chi connectivity index (χ4v) is 3.46. The van der Waals surface area contributed by atoms with Gasteiger partial charge in [0.1, 0.15) is 5.75 Å². The predicted molar refractivity (Wildman–Crippen MR) is 121 cm³/mol. The predicted octanol–water partition coefficient (Wildman–Crippen LogP) is 7.19. The molecule has 0 aliphatic carbocycles. The molecule has 1 aromatic heterocycles. The number of rotatable bonds is 7. The summed E-state index contributed by atoms with van der Waals surface area (Å²) in [5, 5.41) is 20.9. The van der Waals surface area contributed by atoms with Gasteiger partial charge in [-0.1, -0.05) is 48.0 Å². The van der Waals surface area contributed by atoms with Gasteiger partial charge in [0.25, 0.3) is 0 Å². The average Bonchev–Trinajstić information content (AvgIpc) is 3.03. The number of ether oxygens (including phenoxy) is 1. The lowest BCUT2D eigenvalue weighted by Crippen LogP contribution is -2.04. The van der Waals surface area contributed by atoms with E-state index >= 15 is 0 Å². The van der Waals surface area contributed by atoms with Gasteiger partial charge in [-0.3, -0.25) is 0 Å². The molecule has 30 heavy (non-hydrogen) atoms. The minimum absolute atomic E-state index is 0.102. The van der Waals surface area contributed by atoms with Crippen molar-refractivity contribution in [1.82, 2.24) is 4.57 Å². The molecule has 152 valence electrons. The molecule has 0 bridgehead atoms. The van der Waals surface area contributed by atoms with Gasteiger partial charge in [-0.05, 0) is 55.3 Å². The van der Waals surface area contributed by atoms with Crippen molar-refractivity contribution < 1.29 is 9.84 Å². The smallest absolute Gasteiger partial charge is 0.220 e. The van der Waals surface area contributed by atoms with Crippen LogP contribution in [-0.2, 0) is 6.54 Å². The van der Waals surface area contributed by atoms with Crippen LogP contribution in [0, 0.1) is 6.92 Å². The van der Waals surface area contributed by atoms with E-state index in [2.05, 4.69) is 10.2 Å². The number of fused-ring (bicyclic) bond motifs is 1. The lowest BCUT2D eigenvalue weighted by Gasteiger charge is -2.10. The number of aryl methyl sites for hydroxylation is 2. The maximum atomic E-state index is 10.8. The summed E-state index contributed by atoms with van der Waals surface area (Å²) in [6.45, 7) is 3.19. The summed E-state index contributed by atoms with van der Waals surface area (Å²) in [4.78, 5) is 0. The van der Waals surface area contributed by atoms with Crippen LogP contribution in [0.3, 0.4) is 0 Å². The summed E-state index contributed by atoms with van der Waals surface area (Å²) in [6.07, 6.45) is 0.744. The Morgan fingerprint density at radius 3 is 2.47 bits per heavy atom. The largest absolute Gasteiger partial charge is 0.493 e. The molecular weight excluding hydrogens is 398 g/mol. The second-order valence-corrected chi connectivity index (χ2v) is 7.42.